The molecule has 0 aliphatic heterocycles. The van der Waals surface area contributed by atoms with Crippen LogP contribution in [0.3, 0.4) is 0 Å². The van der Waals surface area contributed by atoms with E-state index in [1.54, 1.807) is 24.3 Å². The van der Waals surface area contributed by atoms with Crippen molar-refractivity contribution in [1.29, 1.82) is 0 Å². The van der Waals surface area contributed by atoms with Crippen molar-refractivity contribution in [3.05, 3.63) is 29.8 Å². The Labute approximate surface area is 161 Å². The summed E-state index contributed by atoms with van der Waals surface area (Å²) in [5.41, 5.74) is 0.907. The van der Waals surface area contributed by atoms with Crippen LogP contribution < -0.4 is 5.32 Å². The normalized spacial score (nSPS) is 22.4. The van der Waals surface area contributed by atoms with Crippen LogP contribution >= 0.6 is 8.38 Å². The zero-order valence-corrected chi connectivity index (χ0v) is 17.0. The number of rotatable bonds is 9. The van der Waals surface area contributed by atoms with E-state index in [0.29, 0.717) is 30.4 Å². The molecule has 1 aliphatic carbocycles. The van der Waals surface area contributed by atoms with E-state index < -0.39 is 8.38 Å². The van der Waals surface area contributed by atoms with Crippen molar-refractivity contribution in [1.82, 2.24) is 0 Å². The van der Waals surface area contributed by atoms with Gasteiger partial charge in [-0.05, 0) is 63.3 Å². The van der Waals surface area contributed by atoms with Gasteiger partial charge in [0.15, 0.2) is 0 Å². The van der Waals surface area contributed by atoms with E-state index in [4.69, 9.17) is 9.05 Å². The van der Waals surface area contributed by atoms with Gasteiger partial charge in [-0.2, -0.15) is 0 Å². The van der Waals surface area contributed by atoms with Crippen LogP contribution in [0.1, 0.15) is 50.4 Å². The number of aldehydes is 1. The highest BCUT2D eigenvalue weighted by Crippen LogP contribution is 2.42. The minimum absolute atomic E-state index is 0.135. The number of nitrogens with one attached hydrogen (secondary N) is 1. The molecule has 1 amide bonds. The predicted octanol–water partition coefficient (Wildman–Crippen LogP) is 4.40. The number of benzene rings is 1. The lowest BCUT2D eigenvalue weighted by Gasteiger charge is -2.30. The fraction of sp³-hybridized carbons (Fsp3) is 0.550. The molecule has 3 atom stereocenters. The Morgan fingerprint density at radius 2 is 1.78 bits per heavy atom. The molecule has 0 saturated heterocycles. The van der Waals surface area contributed by atoms with E-state index in [1.807, 2.05) is 13.8 Å². The number of anilines is 1. The highest BCUT2D eigenvalue weighted by molar-refractivity contribution is 7.66. The van der Waals surface area contributed by atoms with E-state index in [2.05, 4.69) is 12.2 Å². The first kappa shape index (κ1) is 21.7. The number of amides is 1. The number of hydrogen-bond acceptors (Lipinski definition) is 5. The Balaban J connectivity index is 2.01. The molecule has 1 N–H and O–H groups in total. The molecular formula is C20H28NO5P. The zero-order chi connectivity index (χ0) is 19.8. The molecule has 1 fully saturated rings. The minimum Gasteiger partial charge on any atom is -0.329 e. The number of hydrogen-bond donors (Lipinski definition) is 1. The van der Waals surface area contributed by atoms with Crippen LogP contribution in [0.15, 0.2) is 24.3 Å². The molecule has 27 heavy (non-hydrogen) atoms. The molecule has 1 aromatic carbocycles. The SMILES string of the molecule is CCOP(OCC)C(=O)c1ccc(NC(=O)C2CCC(C)CC2C=O)cc1. The monoisotopic (exact) mass is 393 g/mol. The van der Waals surface area contributed by atoms with Gasteiger partial charge in [-0.25, -0.2) is 0 Å². The lowest BCUT2D eigenvalue weighted by Crippen LogP contribution is -2.34. The molecule has 0 bridgehead atoms. The zero-order valence-electron chi connectivity index (χ0n) is 16.1. The minimum atomic E-state index is -1.61. The summed E-state index contributed by atoms with van der Waals surface area (Å²) in [4.78, 5) is 36.4. The molecule has 0 aromatic heterocycles. The molecule has 0 radical (unpaired) electrons. The van der Waals surface area contributed by atoms with Crippen molar-refractivity contribution in [2.24, 2.45) is 17.8 Å². The van der Waals surface area contributed by atoms with E-state index in [9.17, 15) is 14.4 Å². The highest BCUT2D eigenvalue weighted by atomic mass is 31.2. The molecule has 1 saturated carbocycles. The lowest BCUT2D eigenvalue weighted by atomic mass is 9.75. The Morgan fingerprint density at radius 1 is 1.15 bits per heavy atom. The summed E-state index contributed by atoms with van der Waals surface area (Å²) in [6.07, 6.45) is 3.34. The van der Waals surface area contributed by atoms with Crippen LogP contribution in [0.2, 0.25) is 0 Å². The summed E-state index contributed by atoms with van der Waals surface area (Å²) in [7, 11) is -1.61. The Morgan fingerprint density at radius 3 is 2.33 bits per heavy atom. The maximum absolute atomic E-state index is 12.6. The van der Waals surface area contributed by atoms with E-state index in [0.717, 1.165) is 25.5 Å². The second kappa shape index (κ2) is 10.6. The van der Waals surface area contributed by atoms with Crippen molar-refractivity contribution >= 4 is 31.8 Å². The van der Waals surface area contributed by atoms with Gasteiger partial charge in [0.1, 0.15) is 6.29 Å². The van der Waals surface area contributed by atoms with E-state index >= 15 is 0 Å². The first-order valence-corrected chi connectivity index (χ1v) is 10.6. The molecule has 6 nitrogen and oxygen atoms in total. The van der Waals surface area contributed by atoms with Crippen LogP contribution in [0, 0.1) is 17.8 Å². The van der Waals surface area contributed by atoms with E-state index in [-0.39, 0.29) is 23.3 Å². The molecule has 1 aromatic rings. The summed E-state index contributed by atoms with van der Waals surface area (Å²) in [6, 6.07) is 6.70. The van der Waals surface area contributed by atoms with Crippen molar-refractivity contribution in [2.75, 3.05) is 18.5 Å². The summed E-state index contributed by atoms with van der Waals surface area (Å²) in [5, 5.41) is 2.87. The van der Waals surface area contributed by atoms with Crippen LogP contribution in [0.25, 0.3) is 0 Å². The van der Waals surface area contributed by atoms with Gasteiger partial charge >= 0.3 is 0 Å². The lowest BCUT2D eigenvalue weighted by molar-refractivity contribution is -0.127. The second-order valence-electron chi connectivity index (χ2n) is 6.79. The molecule has 1 aliphatic rings. The van der Waals surface area contributed by atoms with Gasteiger partial charge < -0.3 is 19.2 Å². The Kier molecular flexibility index (Phi) is 8.55. The number of carbonyl (C=O) groups is 3. The van der Waals surface area contributed by atoms with Crippen LogP contribution in [-0.2, 0) is 18.6 Å². The first-order chi connectivity index (χ1) is 13.0. The van der Waals surface area contributed by atoms with Crippen molar-refractivity contribution in [3.8, 4) is 0 Å². The smallest absolute Gasteiger partial charge is 0.248 e. The Bertz CT molecular complexity index is 642. The second-order valence-corrected chi connectivity index (χ2v) is 8.23. The molecule has 148 valence electrons. The van der Waals surface area contributed by atoms with Gasteiger partial charge in [0, 0.05) is 23.1 Å². The summed E-state index contributed by atoms with van der Waals surface area (Å²) >= 11 is 0. The molecule has 0 heterocycles. The number of carbonyl (C=O) groups excluding carboxylic acids is 3. The molecule has 7 heteroatoms. The van der Waals surface area contributed by atoms with Crippen LogP contribution in [0.5, 0.6) is 0 Å². The van der Waals surface area contributed by atoms with Gasteiger partial charge in [0.2, 0.25) is 19.8 Å². The maximum atomic E-state index is 12.6. The maximum Gasteiger partial charge on any atom is 0.248 e. The first-order valence-electron chi connectivity index (χ1n) is 9.46. The van der Waals surface area contributed by atoms with Gasteiger partial charge in [-0.1, -0.05) is 6.92 Å². The third-order valence-corrected chi connectivity index (χ3v) is 6.31. The fourth-order valence-electron chi connectivity index (χ4n) is 3.33. The highest BCUT2D eigenvalue weighted by Gasteiger charge is 2.33. The van der Waals surface area contributed by atoms with Crippen molar-refractivity contribution < 1.29 is 23.4 Å². The summed E-state index contributed by atoms with van der Waals surface area (Å²) < 4.78 is 10.8. The fourth-order valence-corrected chi connectivity index (χ4v) is 4.46. The Hall–Kier alpha value is -1.62. The largest absolute Gasteiger partial charge is 0.329 e. The van der Waals surface area contributed by atoms with Crippen LogP contribution in [-0.4, -0.2) is 30.9 Å². The third-order valence-electron chi connectivity index (χ3n) is 4.73. The van der Waals surface area contributed by atoms with Crippen LogP contribution in [0.4, 0.5) is 5.69 Å². The molecule has 3 unspecified atom stereocenters. The van der Waals surface area contributed by atoms with Crippen molar-refractivity contribution in [3.63, 3.8) is 0 Å². The summed E-state index contributed by atoms with van der Waals surface area (Å²) in [5.74, 6) is -0.177. The quantitative estimate of drug-likeness (QED) is 0.497. The third kappa shape index (κ3) is 5.93. The van der Waals surface area contributed by atoms with Crippen molar-refractivity contribution in [2.45, 2.75) is 40.0 Å². The molecule has 0 spiro atoms. The summed E-state index contributed by atoms with van der Waals surface area (Å²) in [6.45, 7) is 6.56. The average Bonchev–Trinajstić information content (AvgIpc) is 2.67. The van der Waals surface area contributed by atoms with Gasteiger partial charge in [0.05, 0.1) is 13.2 Å². The average molecular weight is 393 g/mol. The van der Waals surface area contributed by atoms with Gasteiger partial charge in [-0.3, -0.25) is 9.59 Å². The standard InChI is InChI=1S/C20H28NO5P/c1-4-25-27(26-5-2)20(24)15-7-9-17(10-8-15)21-19(23)18-11-6-14(3)12-16(18)13-22/h7-10,13-14,16,18H,4-6,11-12H2,1-3H3,(H,21,23). The molecule has 2 rings (SSSR count). The topological polar surface area (TPSA) is 81.7 Å². The van der Waals surface area contributed by atoms with E-state index in [1.165, 1.54) is 0 Å². The van der Waals surface area contributed by atoms with Gasteiger partial charge in [-0.15, -0.1) is 0 Å². The van der Waals surface area contributed by atoms with Gasteiger partial charge in [0.25, 0.3) is 0 Å². The molecular weight excluding hydrogens is 365 g/mol. The predicted molar refractivity (Wildman–Crippen MR) is 106 cm³/mol.